The Labute approximate surface area is 78.5 Å². The van der Waals surface area contributed by atoms with Crippen molar-refractivity contribution in [3.63, 3.8) is 0 Å². The highest BCUT2D eigenvalue weighted by Gasteiger charge is 1.94. The van der Waals surface area contributed by atoms with Crippen LogP contribution in [0.25, 0.3) is 0 Å². The number of hydrogen-bond acceptors (Lipinski definition) is 2. The third-order valence-electron chi connectivity index (χ3n) is 1.67. The summed E-state index contributed by atoms with van der Waals surface area (Å²) in [6, 6.07) is 7.71. The molecule has 0 aliphatic heterocycles. The molecule has 1 aromatic rings. The van der Waals surface area contributed by atoms with Gasteiger partial charge in [0, 0.05) is 6.61 Å². The molecule has 70 valence electrons. The summed E-state index contributed by atoms with van der Waals surface area (Å²) in [6.07, 6.45) is 2.38. The lowest BCUT2D eigenvalue weighted by molar-refractivity contribution is 0.299. The summed E-state index contributed by atoms with van der Waals surface area (Å²) in [4.78, 5) is 0. The Balaban J connectivity index is 2.61. The molecule has 0 radical (unpaired) electrons. The van der Waals surface area contributed by atoms with Crippen LogP contribution in [0.2, 0.25) is 0 Å². The number of aliphatic hydroxyl groups is 1. The van der Waals surface area contributed by atoms with Crippen LogP contribution in [-0.2, 0) is 6.42 Å². The Bertz CT molecular complexity index is 269. The second-order valence-electron chi connectivity index (χ2n) is 2.72. The van der Waals surface area contributed by atoms with Crippen molar-refractivity contribution in [3.05, 3.63) is 42.5 Å². The normalized spacial score (nSPS) is 9.62. The van der Waals surface area contributed by atoms with E-state index in [1.807, 2.05) is 24.3 Å². The highest BCUT2D eigenvalue weighted by atomic mass is 16.5. The van der Waals surface area contributed by atoms with Crippen molar-refractivity contribution < 1.29 is 9.84 Å². The zero-order valence-corrected chi connectivity index (χ0v) is 7.57. The van der Waals surface area contributed by atoms with Crippen LogP contribution in [0.15, 0.2) is 36.9 Å². The van der Waals surface area contributed by atoms with Crippen molar-refractivity contribution in [2.45, 2.75) is 6.42 Å². The van der Waals surface area contributed by atoms with Crippen LogP contribution in [0.5, 0.6) is 5.75 Å². The third-order valence-corrected chi connectivity index (χ3v) is 1.67. The van der Waals surface area contributed by atoms with E-state index in [2.05, 4.69) is 6.58 Å². The Morgan fingerprint density at radius 3 is 3.00 bits per heavy atom. The number of aliphatic hydroxyl groups excluding tert-OH is 1. The number of ether oxygens (including phenoxy) is 1. The first-order chi connectivity index (χ1) is 6.36. The Morgan fingerprint density at radius 2 is 2.31 bits per heavy atom. The molecule has 0 unspecified atom stereocenters. The van der Waals surface area contributed by atoms with Gasteiger partial charge in [-0.15, -0.1) is 0 Å². The molecule has 0 fully saturated rings. The molecule has 0 heterocycles. The Kier molecular flexibility index (Phi) is 4.06. The third kappa shape index (κ3) is 3.30. The zero-order chi connectivity index (χ0) is 9.52. The van der Waals surface area contributed by atoms with Crippen molar-refractivity contribution in [1.82, 2.24) is 0 Å². The van der Waals surface area contributed by atoms with Crippen LogP contribution >= 0.6 is 0 Å². The molecular weight excluding hydrogens is 164 g/mol. The maximum Gasteiger partial charge on any atom is 0.120 e. The van der Waals surface area contributed by atoms with E-state index in [-0.39, 0.29) is 6.61 Å². The second kappa shape index (κ2) is 5.38. The minimum atomic E-state index is 0.172. The standard InChI is InChI=1S/C11H14O2/c1-2-8-13-11-5-3-4-10(9-11)6-7-12/h2-5,9,12H,1,6-8H2. The second-order valence-corrected chi connectivity index (χ2v) is 2.72. The minimum Gasteiger partial charge on any atom is -0.490 e. The van der Waals surface area contributed by atoms with Gasteiger partial charge in [-0.1, -0.05) is 24.8 Å². The van der Waals surface area contributed by atoms with Crippen LogP contribution in [0.3, 0.4) is 0 Å². The van der Waals surface area contributed by atoms with Gasteiger partial charge in [0.05, 0.1) is 0 Å². The molecule has 0 bridgehead atoms. The lowest BCUT2D eigenvalue weighted by Gasteiger charge is -2.04. The van der Waals surface area contributed by atoms with E-state index in [1.54, 1.807) is 6.08 Å². The lowest BCUT2D eigenvalue weighted by Crippen LogP contribution is -1.95. The topological polar surface area (TPSA) is 29.5 Å². The molecule has 0 saturated carbocycles. The molecule has 0 aliphatic rings. The maximum atomic E-state index is 8.73. The predicted octanol–water partition coefficient (Wildman–Crippen LogP) is 1.79. The fraction of sp³-hybridized carbons (Fsp3) is 0.273. The van der Waals surface area contributed by atoms with Crippen molar-refractivity contribution in [2.75, 3.05) is 13.2 Å². The van der Waals surface area contributed by atoms with E-state index in [9.17, 15) is 0 Å². The van der Waals surface area contributed by atoms with E-state index in [0.717, 1.165) is 11.3 Å². The molecule has 1 rings (SSSR count). The summed E-state index contributed by atoms with van der Waals surface area (Å²) in [7, 11) is 0. The molecule has 0 spiro atoms. The molecule has 0 aliphatic carbocycles. The molecule has 0 aromatic heterocycles. The molecule has 1 aromatic carbocycles. The predicted molar refractivity (Wildman–Crippen MR) is 52.9 cm³/mol. The van der Waals surface area contributed by atoms with Gasteiger partial charge < -0.3 is 9.84 Å². The van der Waals surface area contributed by atoms with E-state index in [1.165, 1.54) is 0 Å². The Hall–Kier alpha value is -1.28. The molecule has 13 heavy (non-hydrogen) atoms. The van der Waals surface area contributed by atoms with Gasteiger partial charge in [0.1, 0.15) is 12.4 Å². The van der Waals surface area contributed by atoms with Crippen molar-refractivity contribution in [1.29, 1.82) is 0 Å². The molecule has 2 nitrogen and oxygen atoms in total. The average molecular weight is 178 g/mol. The first-order valence-corrected chi connectivity index (χ1v) is 4.30. The van der Waals surface area contributed by atoms with E-state index in [0.29, 0.717) is 13.0 Å². The van der Waals surface area contributed by atoms with Gasteiger partial charge in [0.15, 0.2) is 0 Å². The highest BCUT2D eigenvalue weighted by molar-refractivity contribution is 5.28. The molecule has 1 N–H and O–H groups in total. The fourth-order valence-corrected chi connectivity index (χ4v) is 1.08. The molecule has 2 heteroatoms. The molecule has 0 atom stereocenters. The highest BCUT2D eigenvalue weighted by Crippen LogP contribution is 2.13. The van der Waals surface area contributed by atoms with E-state index >= 15 is 0 Å². The van der Waals surface area contributed by atoms with Crippen LogP contribution in [0, 0.1) is 0 Å². The summed E-state index contributed by atoms with van der Waals surface area (Å²) in [5.41, 5.74) is 1.09. The minimum absolute atomic E-state index is 0.172. The van der Waals surface area contributed by atoms with Gasteiger partial charge in [-0.3, -0.25) is 0 Å². The summed E-state index contributed by atoms with van der Waals surface area (Å²) in [5, 5.41) is 8.73. The maximum absolute atomic E-state index is 8.73. The van der Waals surface area contributed by atoms with Gasteiger partial charge >= 0.3 is 0 Å². The molecule has 0 amide bonds. The molecule has 0 saturated heterocycles. The van der Waals surface area contributed by atoms with Gasteiger partial charge in [0.25, 0.3) is 0 Å². The number of hydrogen-bond donors (Lipinski definition) is 1. The monoisotopic (exact) mass is 178 g/mol. The number of benzene rings is 1. The summed E-state index contributed by atoms with van der Waals surface area (Å²) in [5.74, 6) is 0.825. The summed E-state index contributed by atoms with van der Waals surface area (Å²) in [6.45, 7) is 4.26. The van der Waals surface area contributed by atoms with Crippen LogP contribution in [0.4, 0.5) is 0 Å². The quantitative estimate of drug-likeness (QED) is 0.696. The van der Waals surface area contributed by atoms with Crippen LogP contribution < -0.4 is 4.74 Å². The van der Waals surface area contributed by atoms with Crippen molar-refractivity contribution >= 4 is 0 Å². The van der Waals surface area contributed by atoms with Crippen molar-refractivity contribution in [3.8, 4) is 5.75 Å². The van der Waals surface area contributed by atoms with Crippen LogP contribution in [0.1, 0.15) is 5.56 Å². The first-order valence-electron chi connectivity index (χ1n) is 4.30. The zero-order valence-electron chi connectivity index (χ0n) is 7.57. The smallest absolute Gasteiger partial charge is 0.120 e. The first kappa shape index (κ1) is 9.81. The fourth-order valence-electron chi connectivity index (χ4n) is 1.08. The summed E-state index contributed by atoms with van der Waals surface area (Å²) >= 11 is 0. The Morgan fingerprint density at radius 1 is 1.46 bits per heavy atom. The van der Waals surface area contributed by atoms with Gasteiger partial charge in [-0.2, -0.15) is 0 Å². The average Bonchev–Trinajstić information content (AvgIpc) is 2.16. The van der Waals surface area contributed by atoms with Gasteiger partial charge in [-0.05, 0) is 24.1 Å². The largest absolute Gasteiger partial charge is 0.490 e. The van der Waals surface area contributed by atoms with Crippen LogP contribution in [-0.4, -0.2) is 18.3 Å². The lowest BCUT2D eigenvalue weighted by atomic mass is 10.1. The van der Waals surface area contributed by atoms with E-state index < -0.39 is 0 Å². The summed E-state index contributed by atoms with van der Waals surface area (Å²) < 4.78 is 5.34. The molecular formula is C11H14O2. The SMILES string of the molecule is C=CCOc1cccc(CCO)c1. The van der Waals surface area contributed by atoms with Gasteiger partial charge in [0.2, 0.25) is 0 Å². The van der Waals surface area contributed by atoms with Crippen molar-refractivity contribution in [2.24, 2.45) is 0 Å². The van der Waals surface area contributed by atoms with E-state index in [4.69, 9.17) is 9.84 Å². The number of rotatable bonds is 5. The van der Waals surface area contributed by atoms with Gasteiger partial charge in [-0.25, -0.2) is 0 Å².